The first kappa shape index (κ1) is 51.6. The van der Waals surface area contributed by atoms with Crippen molar-refractivity contribution in [2.75, 3.05) is 20.8 Å². The van der Waals surface area contributed by atoms with Gasteiger partial charge >= 0.3 is 5.97 Å². The van der Waals surface area contributed by atoms with E-state index in [1.165, 1.54) is 4.90 Å². The van der Waals surface area contributed by atoms with Gasteiger partial charge in [0.05, 0.1) is 30.8 Å². The Bertz CT molecular complexity index is 1640. The van der Waals surface area contributed by atoms with Gasteiger partial charge in [-0.15, -0.1) is 0 Å². The Morgan fingerprint density at radius 2 is 1.60 bits per heavy atom. The van der Waals surface area contributed by atoms with E-state index in [9.17, 15) is 39.6 Å². The standard InChI is InChI=1S/C49H77NO12/c1-29-14-11-10-12-15-30(2)41(59-8)26-37-19-17-35(7)49(58,62-37)28-44(53)50-21-13-16-38(50)48(57)61-42(32(4)24-36-18-20-39(51)43(25-36)60-9)27-40(52)31(3)23-34(6)46(55)47(56)45(54)33(5)22-29/h10-12,14-15,23,29,31-33,35-39,41-43,46-47,51,55-56,58H,13,16-22,24-28H2,1-9H3/b12-10+,14-11+,30-15?,34-23+/t29-,31-,32-,33-,35-,36+,37+,38?,39-,41+,42+,43-,46-,47+,49+/m1/s1. The normalized spacial score (nSPS) is 40.7. The number of rotatable bonds is 5. The molecule has 4 rings (SSSR count). The monoisotopic (exact) mass is 872 g/mol. The van der Waals surface area contributed by atoms with Gasteiger partial charge in [-0.25, -0.2) is 4.79 Å². The van der Waals surface area contributed by atoms with Crippen LogP contribution in [0.15, 0.2) is 47.6 Å². The van der Waals surface area contributed by atoms with Gasteiger partial charge in [0.2, 0.25) is 5.91 Å². The molecule has 4 aliphatic rings. The number of ether oxygens (including phenoxy) is 4. The van der Waals surface area contributed by atoms with E-state index in [0.29, 0.717) is 64.3 Å². The highest BCUT2D eigenvalue weighted by Gasteiger charge is 2.47. The molecule has 3 heterocycles. The Morgan fingerprint density at radius 1 is 0.871 bits per heavy atom. The lowest BCUT2D eigenvalue weighted by Crippen LogP contribution is -2.52. The average Bonchev–Trinajstić information content (AvgIpc) is 3.74. The lowest BCUT2D eigenvalue weighted by molar-refractivity contribution is -0.283. The van der Waals surface area contributed by atoms with E-state index in [1.54, 1.807) is 41.1 Å². The van der Waals surface area contributed by atoms with E-state index >= 15 is 0 Å². The fraction of sp³-hybridized carbons (Fsp3) is 0.755. The third-order valence-corrected chi connectivity index (χ3v) is 14.1. The minimum Gasteiger partial charge on any atom is -0.460 e. The summed E-state index contributed by atoms with van der Waals surface area (Å²) in [5, 5.41) is 44.4. The number of esters is 1. The fourth-order valence-corrected chi connectivity index (χ4v) is 9.82. The highest BCUT2D eigenvalue weighted by Crippen LogP contribution is 2.39. The second kappa shape index (κ2) is 23.8. The van der Waals surface area contributed by atoms with E-state index < -0.39 is 65.7 Å². The molecular weight excluding hydrogens is 795 g/mol. The van der Waals surface area contributed by atoms with Gasteiger partial charge in [0.25, 0.3) is 0 Å². The van der Waals surface area contributed by atoms with Crippen LogP contribution < -0.4 is 0 Å². The third-order valence-electron chi connectivity index (χ3n) is 14.1. The number of aliphatic hydroxyl groups excluding tert-OH is 3. The number of hydrogen-bond donors (Lipinski definition) is 4. The van der Waals surface area contributed by atoms with Crippen molar-refractivity contribution < 1.29 is 58.6 Å². The van der Waals surface area contributed by atoms with Gasteiger partial charge in [-0.3, -0.25) is 14.4 Å². The zero-order chi connectivity index (χ0) is 45.9. The quantitative estimate of drug-likeness (QED) is 0.188. The number of ketones is 2. The zero-order valence-corrected chi connectivity index (χ0v) is 38.7. The van der Waals surface area contributed by atoms with E-state index in [-0.39, 0.29) is 66.2 Å². The maximum absolute atomic E-state index is 14.2. The number of methoxy groups -OCH3 is 2. The summed E-state index contributed by atoms with van der Waals surface area (Å²) in [5.74, 6) is -5.30. The minimum absolute atomic E-state index is 0.00605. The lowest BCUT2D eigenvalue weighted by atomic mass is 9.78. The number of carbonyl (C=O) groups is 4. The van der Waals surface area contributed by atoms with Crippen LogP contribution in [0, 0.1) is 35.5 Å². The Balaban J connectivity index is 1.64. The number of Topliss-reactive ketones (excluding diaryl/α,β-unsaturated/α-hetero) is 2. The van der Waals surface area contributed by atoms with Gasteiger partial charge in [0, 0.05) is 51.4 Å². The molecule has 0 radical (unpaired) electrons. The van der Waals surface area contributed by atoms with Crippen LogP contribution in [-0.2, 0) is 38.1 Å². The summed E-state index contributed by atoms with van der Waals surface area (Å²) in [6.45, 7) is 13.0. The molecule has 0 spiro atoms. The number of cyclic esters (lactones) is 1. The Morgan fingerprint density at radius 3 is 2.29 bits per heavy atom. The van der Waals surface area contributed by atoms with Crippen LogP contribution in [0.3, 0.4) is 0 Å². The summed E-state index contributed by atoms with van der Waals surface area (Å²) in [6, 6.07) is -0.906. The molecule has 1 unspecified atom stereocenters. The van der Waals surface area contributed by atoms with E-state index in [2.05, 4.69) is 0 Å². The number of nitrogens with zero attached hydrogens (tertiary/aromatic N) is 1. The smallest absolute Gasteiger partial charge is 0.329 e. The number of amides is 1. The topological polar surface area (TPSA) is 189 Å². The summed E-state index contributed by atoms with van der Waals surface area (Å²) in [4.78, 5) is 57.0. The van der Waals surface area contributed by atoms with Crippen molar-refractivity contribution in [3.05, 3.63) is 47.6 Å². The molecule has 1 aliphatic carbocycles. The first-order valence-electron chi connectivity index (χ1n) is 23.0. The highest BCUT2D eigenvalue weighted by molar-refractivity contribution is 5.87. The van der Waals surface area contributed by atoms with Crippen LogP contribution in [0.1, 0.15) is 126 Å². The predicted octanol–water partition coefficient (Wildman–Crippen LogP) is 5.96. The SMILES string of the molecule is CO[C@H]1C[C@@H]2CC[C@@H](C)[C@](O)(CC(=O)N3CCCC3C(=O)O[C@H]([C@H](C)C[C@@H]3CC[C@@H](O)[C@H](OC)C3)CC(=O)[C@H](C)/C=C(\C)[C@@H](O)[C@@H](O)C(=O)[C@H](C)C[C@H](C)/C=C/C=C/C=C1C)O2. The molecule has 1 saturated carbocycles. The third kappa shape index (κ3) is 14.0. The maximum Gasteiger partial charge on any atom is 0.329 e. The molecule has 2 saturated heterocycles. The molecule has 4 N–H and O–H groups in total. The first-order valence-corrected chi connectivity index (χ1v) is 23.0. The molecule has 13 heteroatoms. The molecule has 0 aromatic carbocycles. The zero-order valence-electron chi connectivity index (χ0n) is 38.7. The molecule has 0 aromatic heterocycles. The first-order chi connectivity index (χ1) is 29.3. The Labute approximate surface area is 370 Å². The Hall–Kier alpha value is -3.04. The van der Waals surface area contributed by atoms with Crippen molar-refractivity contribution in [1.82, 2.24) is 4.90 Å². The maximum atomic E-state index is 14.2. The highest BCUT2D eigenvalue weighted by atomic mass is 16.6. The van der Waals surface area contributed by atoms with Crippen molar-refractivity contribution in [3.8, 4) is 0 Å². The van der Waals surface area contributed by atoms with Crippen LogP contribution in [0.4, 0.5) is 0 Å². The fourth-order valence-electron chi connectivity index (χ4n) is 9.82. The second-order valence-electron chi connectivity index (χ2n) is 19.1. The molecule has 2 bridgehead atoms. The molecule has 62 heavy (non-hydrogen) atoms. The Kier molecular flexibility index (Phi) is 19.8. The largest absolute Gasteiger partial charge is 0.460 e. The minimum atomic E-state index is -1.75. The van der Waals surface area contributed by atoms with Gasteiger partial charge in [-0.05, 0) is 101 Å². The summed E-state index contributed by atoms with van der Waals surface area (Å²) in [5.41, 5.74) is 1.23. The van der Waals surface area contributed by atoms with Crippen molar-refractivity contribution >= 4 is 23.4 Å². The van der Waals surface area contributed by atoms with Crippen molar-refractivity contribution in [2.45, 2.75) is 180 Å². The lowest BCUT2D eigenvalue weighted by Gasteiger charge is -2.43. The second-order valence-corrected chi connectivity index (χ2v) is 19.1. The summed E-state index contributed by atoms with van der Waals surface area (Å²) < 4.78 is 24.0. The number of allylic oxidation sites excluding steroid dienone is 6. The van der Waals surface area contributed by atoms with Gasteiger partial charge in [-0.2, -0.15) is 0 Å². The molecule has 3 aliphatic heterocycles. The molecule has 13 nitrogen and oxygen atoms in total. The number of carbonyl (C=O) groups excluding carboxylic acids is 4. The summed E-state index contributed by atoms with van der Waals surface area (Å²) in [7, 11) is 3.20. The van der Waals surface area contributed by atoms with Crippen molar-refractivity contribution in [2.24, 2.45) is 35.5 Å². The number of hydrogen-bond acceptors (Lipinski definition) is 12. The van der Waals surface area contributed by atoms with Crippen LogP contribution in [-0.4, -0.2) is 124 Å². The molecule has 350 valence electrons. The molecule has 1 amide bonds. The molecule has 3 fully saturated rings. The van der Waals surface area contributed by atoms with Crippen molar-refractivity contribution in [1.29, 1.82) is 0 Å². The van der Waals surface area contributed by atoms with Gasteiger partial charge in [-0.1, -0.05) is 71.1 Å². The number of fused-ring (bicyclic) bond motifs is 3. The van der Waals surface area contributed by atoms with Crippen LogP contribution in [0.2, 0.25) is 0 Å². The number of aliphatic hydroxyl groups is 4. The molecule has 15 atom stereocenters. The van der Waals surface area contributed by atoms with E-state index in [4.69, 9.17) is 18.9 Å². The van der Waals surface area contributed by atoms with E-state index in [0.717, 1.165) is 12.0 Å². The van der Waals surface area contributed by atoms with Crippen LogP contribution >= 0.6 is 0 Å². The predicted molar refractivity (Wildman–Crippen MR) is 235 cm³/mol. The summed E-state index contributed by atoms with van der Waals surface area (Å²) >= 11 is 0. The van der Waals surface area contributed by atoms with Crippen molar-refractivity contribution in [3.63, 3.8) is 0 Å². The average molecular weight is 872 g/mol. The summed E-state index contributed by atoms with van der Waals surface area (Å²) in [6.07, 6.45) is 10.8. The van der Waals surface area contributed by atoms with Crippen LogP contribution in [0.5, 0.6) is 0 Å². The van der Waals surface area contributed by atoms with Gasteiger partial charge in [0.1, 0.15) is 30.1 Å². The molecular formula is C49H77NO12. The van der Waals surface area contributed by atoms with E-state index in [1.807, 2.05) is 58.1 Å². The van der Waals surface area contributed by atoms with Gasteiger partial charge < -0.3 is 44.3 Å². The molecule has 0 aromatic rings. The van der Waals surface area contributed by atoms with Crippen LogP contribution in [0.25, 0.3) is 0 Å². The van der Waals surface area contributed by atoms with Gasteiger partial charge in [0.15, 0.2) is 11.6 Å².